The number of benzene rings is 1. The van der Waals surface area contributed by atoms with E-state index in [0.29, 0.717) is 32.7 Å². The van der Waals surface area contributed by atoms with E-state index in [9.17, 15) is 14.0 Å². The summed E-state index contributed by atoms with van der Waals surface area (Å²) >= 11 is 0. The van der Waals surface area contributed by atoms with Gasteiger partial charge in [-0.1, -0.05) is 12.1 Å². The molecule has 124 valence electrons. The van der Waals surface area contributed by atoms with Crippen molar-refractivity contribution >= 4 is 11.8 Å². The molecule has 0 bridgehead atoms. The Morgan fingerprint density at radius 1 is 1.30 bits per heavy atom. The first kappa shape index (κ1) is 15.9. The van der Waals surface area contributed by atoms with Crippen molar-refractivity contribution in [3.63, 3.8) is 0 Å². The fourth-order valence-electron chi connectivity index (χ4n) is 3.14. The number of carbonyl (C=O) groups excluding carboxylic acids is 2. The zero-order valence-corrected chi connectivity index (χ0v) is 13.3. The summed E-state index contributed by atoms with van der Waals surface area (Å²) in [5.74, 6) is -0.472. The molecule has 2 fully saturated rings. The van der Waals surface area contributed by atoms with Gasteiger partial charge in [0.25, 0.3) is 5.91 Å². The van der Waals surface area contributed by atoms with Gasteiger partial charge < -0.3 is 14.5 Å². The Morgan fingerprint density at radius 3 is 2.65 bits per heavy atom. The summed E-state index contributed by atoms with van der Waals surface area (Å²) < 4.78 is 18.5. The number of nitrogens with zero attached hydrogens (tertiary/aromatic N) is 2. The number of hydrogen-bond acceptors (Lipinski definition) is 3. The molecule has 2 aliphatic rings. The number of carbonyl (C=O) groups is 2. The second kappa shape index (κ2) is 6.28. The minimum Gasteiger partial charge on any atom is -0.365 e. The molecule has 2 aliphatic heterocycles. The Morgan fingerprint density at radius 2 is 2.04 bits per heavy atom. The molecule has 0 aliphatic carbocycles. The third kappa shape index (κ3) is 3.37. The molecule has 0 saturated carbocycles. The molecule has 0 unspecified atom stereocenters. The lowest BCUT2D eigenvalue weighted by Crippen LogP contribution is -2.56. The maximum absolute atomic E-state index is 12.9. The smallest absolute Gasteiger partial charge is 0.255 e. The third-order valence-electron chi connectivity index (χ3n) is 4.56. The van der Waals surface area contributed by atoms with Crippen molar-refractivity contribution in [3.05, 3.63) is 35.6 Å². The summed E-state index contributed by atoms with van der Waals surface area (Å²) in [7, 11) is 0. The summed E-state index contributed by atoms with van der Waals surface area (Å²) in [4.78, 5) is 28.2. The van der Waals surface area contributed by atoms with E-state index in [1.54, 1.807) is 28.9 Å². The van der Waals surface area contributed by atoms with Crippen molar-refractivity contribution in [2.45, 2.75) is 31.9 Å². The van der Waals surface area contributed by atoms with Crippen LogP contribution >= 0.6 is 0 Å². The number of halogens is 1. The van der Waals surface area contributed by atoms with Crippen LogP contribution in [0.1, 0.15) is 25.3 Å². The van der Waals surface area contributed by atoms with E-state index in [1.165, 1.54) is 12.1 Å². The highest BCUT2D eigenvalue weighted by Crippen LogP contribution is 2.28. The predicted octanol–water partition coefficient (Wildman–Crippen LogP) is 1.57. The van der Waals surface area contributed by atoms with Gasteiger partial charge in [-0.05, 0) is 37.5 Å². The van der Waals surface area contributed by atoms with Crippen molar-refractivity contribution in [1.29, 1.82) is 0 Å². The monoisotopic (exact) mass is 320 g/mol. The third-order valence-corrected chi connectivity index (χ3v) is 4.56. The van der Waals surface area contributed by atoms with Crippen LogP contribution in [0.5, 0.6) is 0 Å². The second-order valence-corrected chi connectivity index (χ2v) is 6.35. The van der Waals surface area contributed by atoms with Gasteiger partial charge in [-0.25, -0.2) is 4.39 Å². The molecule has 3 rings (SSSR count). The standard InChI is InChI=1S/C17H21FN2O3/c1-17(7-2-10-23-17)16(22)20-9-8-19(15(21)12-20)11-13-3-5-14(18)6-4-13/h3-6H,2,7-12H2,1H3/t17-/m0/s1. The fraction of sp³-hybridized carbons (Fsp3) is 0.529. The van der Waals surface area contributed by atoms with E-state index in [1.807, 2.05) is 0 Å². The minimum absolute atomic E-state index is 0.0823. The molecule has 2 amide bonds. The maximum atomic E-state index is 12.9. The van der Waals surface area contributed by atoms with Crippen molar-refractivity contribution in [2.24, 2.45) is 0 Å². The van der Waals surface area contributed by atoms with Crippen molar-refractivity contribution < 1.29 is 18.7 Å². The first-order valence-corrected chi connectivity index (χ1v) is 7.93. The average molecular weight is 320 g/mol. The largest absolute Gasteiger partial charge is 0.365 e. The van der Waals surface area contributed by atoms with Crippen LogP contribution in [-0.2, 0) is 20.9 Å². The molecule has 6 heteroatoms. The summed E-state index contributed by atoms with van der Waals surface area (Å²) in [5.41, 5.74) is 0.102. The van der Waals surface area contributed by atoms with Crippen LogP contribution in [0.4, 0.5) is 4.39 Å². The normalized spacial score (nSPS) is 25.0. The Labute approximate surface area is 135 Å². The number of amides is 2. The second-order valence-electron chi connectivity index (χ2n) is 6.35. The van der Waals surface area contributed by atoms with Gasteiger partial charge in [0.15, 0.2) is 0 Å². The first-order chi connectivity index (χ1) is 11.0. The van der Waals surface area contributed by atoms with E-state index in [0.717, 1.165) is 12.0 Å². The lowest BCUT2D eigenvalue weighted by Gasteiger charge is -2.37. The van der Waals surface area contributed by atoms with Gasteiger partial charge in [0.1, 0.15) is 11.4 Å². The van der Waals surface area contributed by atoms with E-state index in [2.05, 4.69) is 0 Å². The average Bonchev–Trinajstić information content (AvgIpc) is 2.99. The molecule has 2 saturated heterocycles. The summed E-state index contributed by atoms with van der Waals surface area (Å²) in [6.07, 6.45) is 1.58. The first-order valence-electron chi connectivity index (χ1n) is 7.93. The van der Waals surface area contributed by atoms with E-state index in [4.69, 9.17) is 4.74 Å². The van der Waals surface area contributed by atoms with Crippen LogP contribution in [0, 0.1) is 5.82 Å². The van der Waals surface area contributed by atoms with Gasteiger partial charge in [-0.15, -0.1) is 0 Å². The number of rotatable bonds is 3. The van der Waals surface area contributed by atoms with Gasteiger partial charge in [0.2, 0.25) is 5.91 Å². The van der Waals surface area contributed by atoms with Crippen molar-refractivity contribution in [3.8, 4) is 0 Å². The van der Waals surface area contributed by atoms with Crippen molar-refractivity contribution in [1.82, 2.24) is 9.80 Å². The molecular formula is C17H21FN2O3. The quantitative estimate of drug-likeness (QED) is 0.849. The van der Waals surface area contributed by atoms with Crippen LogP contribution in [0.25, 0.3) is 0 Å². The molecular weight excluding hydrogens is 299 g/mol. The SMILES string of the molecule is C[C@@]1(C(=O)N2CCN(Cc3ccc(F)cc3)C(=O)C2)CCCO1. The molecule has 1 aromatic carbocycles. The fourth-order valence-corrected chi connectivity index (χ4v) is 3.14. The lowest BCUT2D eigenvalue weighted by molar-refractivity contribution is -0.158. The van der Waals surface area contributed by atoms with E-state index >= 15 is 0 Å². The molecule has 0 spiro atoms. The van der Waals surface area contributed by atoms with E-state index < -0.39 is 5.60 Å². The molecule has 1 aromatic rings. The molecule has 23 heavy (non-hydrogen) atoms. The summed E-state index contributed by atoms with van der Waals surface area (Å²) in [6.45, 7) is 3.91. The molecule has 0 N–H and O–H groups in total. The minimum atomic E-state index is -0.778. The highest BCUT2D eigenvalue weighted by atomic mass is 19.1. The number of piperazine rings is 1. The maximum Gasteiger partial charge on any atom is 0.255 e. The van der Waals surface area contributed by atoms with Crippen LogP contribution in [0.2, 0.25) is 0 Å². The molecule has 2 heterocycles. The van der Waals surface area contributed by atoms with Gasteiger partial charge in [0.05, 0.1) is 6.54 Å². The predicted molar refractivity (Wildman–Crippen MR) is 82.0 cm³/mol. The Bertz CT molecular complexity index is 596. The lowest BCUT2D eigenvalue weighted by atomic mass is 10.0. The number of ether oxygens (including phenoxy) is 1. The molecule has 1 atom stereocenters. The molecule has 0 aromatic heterocycles. The summed E-state index contributed by atoms with van der Waals surface area (Å²) in [6, 6.07) is 6.12. The Balaban J connectivity index is 1.60. The summed E-state index contributed by atoms with van der Waals surface area (Å²) in [5, 5.41) is 0. The zero-order valence-electron chi connectivity index (χ0n) is 13.3. The van der Waals surface area contributed by atoms with Gasteiger partial charge in [-0.3, -0.25) is 9.59 Å². The van der Waals surface area contributed by atoms with Gasteiger partial charge in [0, 0.05) is 26.2 Å². The zero-order chi connectivity index (χ0) is 16.4. The Hall–Kier alpha value is -1.95. The highest BCUT2D eigenvalue weighted by Gasteiger charge is 2.42. The van der Waals surface area contributed by atoms with Gasteiger partial charge in [-0.2, -0.15) is 0 Å². The van der Waals surface area contributed by atoms with Crippen LogP contribution in [0.3, 0.4) is 0 Å². The van der Waals surface area contributed by atoms with Crippen LogP contribution in [0.15, 0.2) is 24.3 Å². The van der Waals surface area contributed by atoms with Gasteiger partial charge >= 0.3 is 0 Å². The molecule has 5 nitrogen and oxygen atoms in total. The Kier molecular flexibility index (Phi) is 4.35. The van der Waals surface area contributed by atoms with Crippen LogP contribution < -0.4 is 0 Å². The number of hydrogen-bond donors (Lipinski definition) is 0. The van der Waals surface area contributed by atoms with E-state index in [-0.39, 0.29) is 24.2 Å². The highest BCUT2D eigenvalue weighted by molar-refractivity contribution is 5.90. The molecule has 0 radical (unpaired) electrons. The van der Waals surface area contributed by atoms with Crippen LogP contribution in [-0.4, -0.2) is 53.5 Å². The topological polar surface area (TPSA) is 49.9 Å². The van der Waals surface area contributed by atoms with Crippen molar-refractivity contribution in [2.75, 3.05) is 26.2 Å².